The fourth-order valence-electron chi connectivity index (χ4n) is 2.86. The van der Waals surface area contributed by atoms with E-state index in [1.165, 1.54) is 23.3 Å². The van der Waals surface area contributed by atoms with Gasteiger partial charge < -0.3 is 4.90 Å². The van der Waals surface area contributed by atoms with Gasteiger partial charge in [-0.05, 0) is 50.2 Å². The molecule has 3 rings (SSSR count). The van der Waals surface area contributed by atoms with Crippen molar-refractivity contribution >= 4 is 28.8 Å². The zero-order valence-electron chi connectivity index (χ0n) is 10.5. The number of aryl methyl sites for hydroxylation is 2. The van der Waals surface area contributed by atoms with Gasteiger partial charge in [0, 0.05) is 18.0 Å². The Balaban J connectivity index is 1.77. The Kier molecular flexibility index (Phi) is 3.62. The zero-order chi connectivity index (χ0) is 12.5. The number of piperidine rings is 1. The maximum Gasteiger partial charge on any atom is 0.263 e. The summed E-state index contributed by atoms with van der Waals surface area (Å²) in [6.45, 7) is 1.58. The fourth-order valence-corrected chi connectivity index (χ4v) is 4.40. The third-order valence-corrected chi connectivity index (χ3v) is 5.44. The van der Waals surface area contributed by atoms with Crippen LogP contribution in [-0.2, 0) is 12.8 Å². The molecular weight excluding hydrogens is 266 g/mol. The lowest BCUT2D eigenvalue weighted by Crippen LogP contribution is -2.40. The van der Waals surface area contributed by atoms with Gasteiger partial charge in [-0.2, -0.15) is 0 Å². The Morgan fingerprint density at radius 3 is 2.94 bits per heavy atom. The molecule has 0 saturated carbocycles. The number of carbonyl (C=O) groups is 1. The first kappa shape index (κ1) is 12.5. The van der Waals surface area contributed by atoms with Crippen LogP contribution in [0, 0.1) is 0 Å². The second-order valence-electron chi connectivity index (χ2n) is 5.26. The second-order valence-corrected chi connectivity index (χ2v) is 7.01. The standard InChI is InChI=1S/C14H18ClNOS/c15-11-5-3-7-16(9-11)14(17)13-8-10-4-1-2-6-12(10)18-13/h8,11H,1-7,9H2. The van der Waals surface area contributed by atoms with Crippen LogP contribution < -0.4 is 0 Å². The molecule has 2 heterocycles. The number of halogens is 1. The van der Waals surface area contributed by atoms with Crippen molar-refractivity contribution in [2.75, 3.05) is 13.1 Å². The summed E-state index contributed by atoms with van der Waals surface area (Å²) in [6.07, 6.45) is 6.92. The van der Waals surface area contributed by atoms with Gasteiger partial charge in [0.15, 0.2) is 0 Å². The van der Waals surface area contributed by atoms with Crippen molar-refractivity contribution in [3.05, 3.63) is 21.4 Å². The first-order valence-corrected chi connectivity index (χ1v) is 8.04. The third-order valence-electron chi connectivity index (χ3n) is 3.86. The van der Waals surface area contributed by atoms with Crippen LogP contribution in [0.25, 0.3) is 0 Å². The Morgan fingerprint density at radius 2 is 2.17 bits per heavy atom. The maximum atomic E-state index is 12.4. The lowest BCUT2D eigenvalue weighted by atomic mass is 9.99. The number of amides is 1. The summed E-state index contributed by atoms with van der Waals surface area (Å²) >= 11 is 7.86. The van der Waals surface area contributed by atoms with Crippen molar-refractivity contribution in [1.82, 2.24) is 4.90 Å². The summed E-state index contributed by atoms with van der Waals surface area (Å²) in [4.78, 5) is 16.7. The molecular formula is C14H18ClNOS. The Hall–Kier alpha value is -0.540. The van der Waals surface area contributed by atoms with Crippen LogP contribution in [0.4, 0.5) is 0 Å². The minimum Gasteiger partial charge on any atom is -0.336 e. The summed E-state index contributed by atoms with van der Waals surface area (Å²) in [7, 11) is 0. The van der Waals surface area contributed by atoms with Gasteiger partial charge in [0.2, 0.25) is 0 Å². The van der Waals surface area contributed by atoms with Gasteiger partial charge in [-0.1, -0.05) is 0 Å². The largest absolute Gasteiger partial charge is 0.336 e. The van der Waals surface area contributed by atoms with Crippen LogP contribution in [0.2, 0.25) is 0 Å². The highest BCUT2D eigenvalue weighted by molar-refractivity contribution is 7.14. The van der Waals surface area contributed by atoms with E-state index in [0.717, 1.165) is 37.1 Å². The summed E-state index contributed by atoms with van der Waals surface area (Å²) in [5.41, 5.74) is 1.41. The van der Waals surface area contributed by atoms with Crippen LogP contribution in [0.15, 0.2) is 6.07 Å². The SMILES string of the molecule is O=C(c1cc2c(s1)CCCC2)N1CCCC(Cl)C1. The predicted octanol–water partition coefficient (Wildman–Crippen LogP) is 3.47. The summed E-state index contributed by atoms with van der Waals surface area (Å²) in [5, 5.41) is 0.136. The molecule has 0 aromatic carbocycles. The molecule has 0 spiro atoms. The number of nitrogens with zero attached hydrogens (tertiary/aromatic N) is 1. The fraction of sp³-hybridized carbons (Fsp3) is 0.643. The van der Waals surface area contributed by atoms with Crippen molar-refractivity contribution in [3.8, 4) is 0 Å². The smallest absolute Gasteiger partial charge is 0.263 e. The van der Waals surface area contributed by atoms with Crippen molar-refractivity contribution < 1.29 is 4.79 Å². The number of likely N-dealkylation sites (tertiary alicyclic amines) is 1. The van der Waals surface area contributed by atoms with Gasteiger partial charge in [-0.3, -0.25) is 4.79 Å². The van der Waals surface area contributed by atoms with Gasteiger partial charge >= 0.3 is 0 Å². The average molecular weight is 284 g/mol. The minimum atomic E-state index is 0.136. The molecule has 1 aliphatic heterocycles. The number of rotatable bonds is 1. The van der Waals surface area contributed by atoms with Crippen LogP contribution in [-0.4, -0.2) is 29.3 Å². The highest BCUT2D eigenvalue weighted by Crippen LogP contribution is 2.31. The lowest BCUT2D eigenvalue weighted by Gasteiger charge is -2.29. The molecule has 0 N–H and O–H groups in total. The Morgan fingerprint density at radius 1 is 1.33 bits per heavy atom. The molecule has 1 aromatic rings. The van der Waals surface area contributed by atoms with E-state index in [2.05, 4.69) is 6.07 Å². The van der Waals surface area contributed by atoms with Crippen LogP contribution in [0.1, 0.15) is 45.8 Å². The molecule has 0 bridgehead atoms. The molecule has 1 aliphatic carbocycles. The highest BCUT2D eigenvalue weighted by Gasteiger charge is 2.25. The van der Waals surface area contributed by atoms with Gasteiger partial charge in [0.05, 0.1) is 10.3 Å². The Bertz CT molecular complexity index is 433. The van der Waals surface area contributed by atoms with Crippen molar-refractivity contribution in [2.24, 2.45) is 0 Å². The summed E-state index contributed by atoms with van der Waals surface area (Å²) in [6, 6.07) is 2.12. The van der Waals surface area contributed by atoms with Crippen molar-refractivity contribution in [3.63, 3.8) is 0 Å². The van der Waals surface area contributed by atoms with E-state index in [1.807, 2.05) is 4.90 Å². The number of carbonyl (C=O) groups excluding carboxylic acids is 1. The first-order valence-electron chi connectivity index (χ1n) is 6.79. The quantitative estimate of drug-likeness (QED) is 0.723. The summed E-state index contributed by atoms with van der Waals surface area (Å²) < 4.78 is 0. The van der Waals surface area contributed by atoms with E-state index in [9.17, 15) is 4.79 Å². The highest BCUT2D eigenvalue weighted by atomic mass is 35.5. The average Bonchev–Trinajstić information content (AvgIpc) is 2.81. The molecule has 1 unspecified atom stereocenters. The van der Waals surface area contributed by atoms with Crippen molar-refractivity contribution in [1.29, 1.82) is 0 Å². The molecule has 2 nitrogen and oxygen atoms in total. The van der Waals surface area contributed by atoms with E-state index in [-0.39, 0.29) is 11.3 Å². The first-order chi connectivity index (χ1) is 8.74. The number of alkyl halides is 1. The predicted molar refractivity (Wildman–Crippen MR) is 75.7 cm³/mol. The molecule has 18 heavy (non-hydrogen) atoms. The number of thiophene rings is 1. The molecule has 1 amide bonds. The normalized spacial score (nSPS) is 23.8. The summed E-state index contributed by atoms with van der Waals surface area (Å²) in [5.74, 6) is 0.194. The molecule has 1 atom stereocenters. The maximum absolute atomic E-state index is 12.4. The van der Waals surface area contributed by atoms with Gasteiger partial charge in [-0.25, -0.2) is 0 Å². The van der Waals surface area contributed by atoms with E-state index in [0.29, 0.717) is 6.54 Å². The van der Waals surface area contributed by atoms with Gasteiger partial charge in [0.1, 0.15) is 0 Å². The molecule has 1 aromatic heterocycles. The molecule has 0 radical (unpaired) electrons. The van der Waals surface area contributed by atoms with Crippen LogP contribution in [0.5, 0.6) is 0 Å². The Labute approximate surface area is 117 Å². The monoisotopic (exact) mass is 283 g/mol. The number of hydrogen-bond acceptors (Lipinski definition) is 2. The lowest BCUT2D eigenvalue weighted by molar-refractivity contribution is 0.0732. The van der Waals surface area contributed by atoms with Gasteiger partial charge in [-0.15, -0.1) is 22.9 Å². The third kappa shape index (κ3) is 2.43. The molecule has 4 heteroatoms. The molecule has 2 aliphatic rings. The molecule has 1 saturated heterocycles. The van der Waals surface area contributed by atoms with E-state index >= 15 is 0 Å². The van der Waals surface area contributed by atoms with E-state index < -0.39 is 0 Å². The van der Waals surface area contributed by atoms with E-state index in [4.69, 9.17) is 11.6 Å². The minimum absolute atomic E-state index is 0.136. The van der Waals surface area contributed by atoms with Crippen LogP contribution >= 0.6 is 22.9 Å². The number of fused-ring (bicyclic) bond motifs is 1. The van der Waals surface area contributed by atoms with Crippen molar-refractivity contribution in [2.45, 2.75) is 43.9 Å². The topological polar surface area (TPSA) is 20.3 Å². The second kappa shape index (κ2) is 5.22. The van der Waals surface area contributed by atoms with E-state index in [1.54, 1.807) is 11.3 Å². The molecule has 1 fully saturated rings. The molecule has 98 valence electrons. The zero-order valence-corrected chi connectivity index (χ0v) is 12.0. The van der Waals surface area contributed by atoms with Crippen LogP contribution in [0.3, 0.4) is 0 Å². The number of hydrogen-bond donors (Lipinski definition) is 0. The van der Waals surface area contributed by atoms with Gasteiger partial charge in [0.25, 0.3) is 5.91 Å².